The van der Waals surface area contributed by atoms with Gasteiger partial charge in [-0.05, 0) is 24.1 Å². The summed E-state index contributed by atoms with van der Waals surface area (Å²) in [5.41, 5.74) is -1.33. The molecule has 1 aromatic rings. The van der Waals surface area contributed by atoms with Crippen molar-refractivity contribution in [3.05, 3.63) is 33.8 Å². The van der Waals surface area contributed by atoms with Crippen molar-refractivity contribution in [2.75, 3.05) is 14.2 Å². The quantitative estimate of drug-likeness (QED) is 0.776. The van der Waals surface area contributed by atoms with Crippen LogP contribution in [0.4, 0.5) is 0 Å². The summed E-state index contributed by atoms with van der Waals surface area (Å²) in [5.74, 6) is -1.30. The van der Waals surface area contributed by atoms with Gasteiger partial charge in [-0.1, -0.05) is 29.3 Å². The normalized spacial score (nSPS) is 12.9. The maximum atomic E-state index is 12.1. The average molecular weight is 330 g/mol. The van der Waals surface area contributed by atoms with E-state index in [1.54, 1.807) is 0 Å². The number of methoxy groups -OCH3 is 2. The van der Waals surface area contributed by atoms with Gasteiger partial charge in [-0.2, -0.15) is 5.26 Å². The number of nitriles is 1. The van der Waals surface area contributed by atoms with Crippen molar-refractivity contribution in [2.24, 2.45) is 0 Å². The first-order valence-electron chi connectivity index (χ1n) is 5.93. The fourth-order valence-corrected chi connectivity index (χ4v) is 2.16. The van der Waals surface area contributed by atoms with E-state index in [0.29, 0.717) is 10.6 Å². The molecule has 0 aliphatic heterocycles. The Labute approximate surface area is 132 Å². The maximum absolute atomic E-state index is 12.1. The summed E-state index contributed by atoms with van der Waals surface area (Å²) in [6.45, 7) is 0. The number of halogens is 2. The van der Waals surface area contributed by atoms with Crippen LogP contribution in [0.15, 0.2) is 18.2 Å². The first kappa shape index (κ1) is 17.3. The van der Waals surface area contributed by atoms with Gasteiger partial charge in [0.2, 0.25) is 0 Å². The molecule has 0 spiro atoms. The summed E-state index contributed by atoms with van der Waals surface area (Å²) in [5, 5.41) is 10.00. The molecule has 1 atom stereocenters. The fourth-order valence-electron chi connectivity index (χ4n) is 1.86. The number of rotatable bonds is 5. The van der Waals surface area contributed by atoms with Gasteiger partial charge in [-0.15, -0.1) is 0 Å². The number of carbonyl (C=O) groups excluding carboxylic acids is 2. The van der Waals surface area contributed by atoms with Crippen molar-refractivity contribution in [3.8, 4) is 6.07 Å². The number of carbonyl (C=O) groups is 2. The molecule has 0 aliphatic rings. The Kier molecular flexibility index (Phi) is 6.01. The van der Waals surface area contributed by atoms with Crippen LogP contribution in [0.2, 0.25) is 10.0 Å². The lowest BCUT2D eigenvalue weighted by Crippen LogP contribution is -2.36. The van der Waals surface area contributed by atoms with E-state index in [0.717, 1.165) is 0 Å². The van der Waals surface area contributed by atoms with Gasteiger partial charge in [0.1, 0.15) is 0 Å². The highest BCUT2D eigenvalue weighted by Gasteiger charge is 2.42. The third-order valence-electron chi connectivity index (χ3n) is 3.07. The summed E-state index contributed by atoms with van der Waals surface area (Å²) < 4.78 is 9.24. The molecule has 1 aromatic carbocycles. The van der Waals surface area contributed by atoms with E-state index >= 15 is 0 Å². The standard InChI is InChI=1S/C14H13Cl2NO4/c1-20-12(18)5-6-14(8-17,13(19)21-2)9-3-4-10(15)11(16)7-9/h3-4,7H,5-6H2,1-2H3. The molecular formula is C14H13Cl2NO4. The third-order valence-corrected chi connectivity index (χ3v) is 3.81. The van der Waals surface area contributed by atoms with Crippen LogP contribution in [0, 0.1) is 11.3 Å². The van der Waals surface area contributed by atoms with Crippen LogP contribution in [0.25, 0.3) is 0 Å². The molecule has 0 radical (unpaired) electrons. The van der Waals surface area contributed by atoms with Crippen molar-refractivity contribution in [1.29, 1.82) is 5.26 Å². The molecule has 1 rings (SSSR count). The molecule has 112 valence electrons. The average Bonchev–Trinajstić information content (AvgIpc) is 2.50. The molecule has 1 unspecified atom stereocenters. The number of ether oxygens (including phenoxy) is 2. The van der Waals surface area contributed by atoms with E-state index in [-0.39, 0.29) is 17.9 Å². The van der Waals surface area contributed by atoms with Crippen molar-refractivity contribution in [3.63, 3.8) is 0 Å². The molecule has 0 aliphatic carbocycles. The second kappa shape index (κ2) is 7.30. The SMILES string of the molecule is COC(=O)CCC(C#N)(C(=O)OC)c1ccc(Cl)c(Cl)c1. The van der Waals surface area contributed by atoms with Gasteiger partial charge in [-0.3, -0.25) is 4.79 Å². The van der Waals surface area contributed by atoms with E-state index in [1.807, 2.05) is 6.07 Å². The highest BCUT2D eigenvalue weighted by molar-refractivity contribution is 6.42. The molecule has 0 bridgehead atoms. The molecule has 7 heteroatoms. The Balaban J connectivity index is 3.29. The summed E-state index contributed by atoms with van der Waals surface area (Å²) in [6.07, 6.45) is -0.194. The summed E-state index contributed by atoms with van der Waals surface area (Å²) in [6, 6.07) is 6.33. The Morgan fingerprint density at radius 1 is 1.24 bits per heavy atom. The highest BCUT2D eigenvalue weighted by Crippen LogP contribution is 2.34. The van der Waals surface area contributed by atoms with Crippen LogP contribution < -0.4 is 0 Å². The van der Waals surface area contributed by atoms with E-state index in [9.17, 15) is 14.9 Å². The molecule has 0 saturated heterocycles. The Morgan fingerprint density at radius 2 is 1.90 bits per heavy atom. The van der Waals surface area contributed by atoms with Crippen molar-refractivity contribution < 1.29 is 19.1 Å². The summed E-state index contributed by atoms with van der Waals surface area (Å²) >= 11 is 11.8. The minimum Gasteiger partial charge on any atom is -0.469 e. The monoisotopic (exact) mass is 329 g/mol. The van der Waals surface area contributed by atoms with Crippen LogP contribution >= 0.6 is 23.2 Å². The molecule has 0 heterocycles. The second-order valence-electron chi connectivity index (χ2n) is 4.21. The Bertz CT molecular complexity index is 597. The highest BCUT2D eigenvalue weighted by atomic mass is 35.5. The smallest absolute Gasteiger partial charge is 0.330 e. The molecule has 0 amide bonds. The van der Waals surface area contributed by atoms with E-state index in [1.165, 1.54) is 32.4 Å². The van der Waals surface area contributed by atoms with Crippen molar-refractivity contribution >= 4 is 35.1 Å². The third kappa shape index (κ3) is 3.66. The molecule has 21 heavy (non-hydrogen) atoms. The van der Waals surface area contributed by atoms with E-state index in [4.69, 9.17) is 27.9 Å². The van der Waals surface area contributed by atoms with Crippen LogP contribution in [-0.4, -0.2) is 26.2 Å². The lowest BCUT2D eigenvalue weighted by atomic mass is 9.78. The zero-order valence-corrected chi connectivity index (χ0v) is 13.0. The number of hydrogen-bond donors (Lipinski definition) is 0. The zero-order valence-electron chi connectivity index (χ0n) is 11.5. The lowest BCUT2D eigenvalue weighted by molar-refractivity contribution is -0.146. The van der Waals surface area contributed by atoms with E-state index in [2.05, 4.69) is 4.74 Å². The number of benzene rings is 1. The lowest BCUT2D eigenvalue weighted by Gasteiger charge is -2.24. The van der Waals surface area contributed by atoms with Gasteiger partial charge in [-0.25, -0.2) is 4.79 Å². The molecule has 0 saturated carbocycles. The largest absolute Gasteiger partial charge is 0.469 e. The molecule has 5 nitrogen and oxygen atoms in total. The van der Waals surface area contributed by atoms with Gasteiger partial charge >= 0.3 is 11.9 Å². The molecule has 0 aromatic heterocycles. The van der Waals surface area contributed by atoms with Crippen molar-refractivity contribution in [2.45, 2.75) is 18.3 Å². The number of esters is 2. The van der Waals surface area contributed by atoms with Gasteiger partial charge in [0.25, 0.3) is 0 Å². The predicted octanol–water partition coefficient (Wildman–Crippen LogP) is 2.88. The number of nitrogens with zero attached hydrogens (tertiary/aromatic N) is 1. The predicted molar refractivity (Wildman–Crippen MR) is 77.0 cm³/mol. The first-order valence-corrected chi connectivity index (χ1v) is 6.69. The summed E-state index contributed by atoms with van der Waals surface area (Å²) in [4.78, 5) is 23.4. The Hall–Kier alpha value is -1.77. The summed E-state index contributed by atoms with van der Waals surface area (Å²) in [7, 11) is 2.40. The minimum atomic E-state index is -1.64. The molecule has 0 fully saturated rings. The van der Waals surface area contributed by atoms with E-state index < -0.39 is 17.4 Å². The van der Waals surface area contributed by atoms with Crippen LogP contribution in [0.5, 0.6) is 0 Å². The van der Waals surface area contributed by atoms with Crippen LogP contribution in [0.3, 0.4) is 0 Å². The topological polar surface area (TPSA) is 76.4 Å². The van der Waals surface area contributed by atoms with Crippen molar-refractivity contribution in [1.82, 2.24) is 0 Å². The molecular weight excluding hydrogens is 317 g/mol. The van der Waals surface area contributed by atoms with Crippen LogP contribution in [0.1, 0.15) is 18.4 Å². The minimum absolute atomic E-state index is 0.0825. The first-order chi connectivity index (χ1) is 9.91. The van der Waals surface area contributed by atoms with Crippen LogP contribution in [-0.2, 0) is 24.5 Å². The zero-order chi connectivity index (χ0) is 16.0. The number of hydrogen-bond acceptors (Lipinski definition) is 5. The van der Waals surface area contributed by atoms with Gasteiger partial charge in [0, 0.05) is 6.42 Å². The Morgan fingerprint density at radius 3 is 2.38 bits per heavy atom. The fraction of sp³-hybridized carbons (Fsp3) is 0.357. The van der Waals surface area contributed by atoms with Gasteiger partial charge in [0.15, 0.2) is 5.41 Å². The molecule has 0 N–H and O–H groups in total. The van der Waals surface area contributed by atoms with Gasteiger partial charge in [0.05, 0.1) is 30.3 Å². The second-order valence-corrected chi connectivity index (χ2v) is 5.03. The maximum Gasteiger partial charge on any atom is 0.330 e. The van der Waals surface area contributed by atoms with Gasteiger partial charge < -0.3 is 9.47 Å².